The van der Waals surface area contributed by atoms with Crippen molar-refractivity contribution in [2.75, 3.05) is 19.0 Å². The van der Waals surface area contributed by atoms with E-state index >= 15 is 0 Å². The zero-order valence-corrected chi connectivity index (χ0v) is 10.4. The monoisotopic (exact) mass is 239 g/mol. The molecule has 0 aromatic heterocycles. The number of nitrogens with one attached hydrogen (secondary N) is 1. The predicted octanol–water partition coefficient (Wildman–Crippen LogP) is 3.95. The van der Waals surface area contributed by atoms with Crippen LogP contribution in [0, 0.1) is 5.92 Å². The highest BCUT2D eigenvalue weighted by molar-refractivity contribution is 6.33. The Labute approximate surface area is 102 Å². The third-order valence-corrected chi connectivity index (χ3v) is 3.56. The molecule has 1 saturated carbocycles. The number of halogens is 1. The van der Waals surface area contributed by atoms with E-state index in [1.165, 1.54) is 25.7 Å². The second kappa shape index (κ2) is 5.44. The molecule has 0 amide bonds. The van der Waals surface area contributed by atoms with Gasteiger partial charge in [0.1, 0.15) is 5.75 Å². The molecule has 0 aliphatic heterocycles. The third-order valence-electron chi connectivity index (χ3n) is 3.23. The Bertz CT molecular complexity index is 348. The maximum atomic E-state index is 6.12. The lowest BCUT2D eigenvalue weighted by molar-refractivity contribution is 0.415. The number of ether oxygens (including phenoxy) is 1. The predicted molar refractivity (Wildman–Crippen MR) is 68.5 cm³/mol. The molecule has 1 aliphatic rings. The molecule has 1 aromatic rings. The maximum absolute atomic E-state index is 6.12. The molecule has 0 radical (unpaired) electrons. The fourth-order valence-electron chi connectivity index (χ4n) is 2.24. The van der Waals surface area contributed by atoms with Crippen molar-refractivity contribution >= 4 is 17.3 Å². The number of methoxy groups -OCH3 is 1. The lowest BCUT2D eigenvalue weighted by Gasteiger charge is -2.13. The molecule has 1 aromatic carbocycles. The molecule has 16 heavy (non-hydrogen) atoms. The molecular formula is C13H18ClNO. The van der Waals surface area contributed by atoms with E-state index in [0.29, 0.717) is 0 Å². The van der Waals surface area contributed by atoms with E-state index in [2.05, 4.69) is 5.32 Å². The second-order valence-electron chi connectivity index (χ2n) is 4.38. The molecule has 88 valence electrons. The Morgan fingerprint density at radius 2 is 2.12 bits per heavy atom. The van der Waals surface area contributed by atoms with Crippen molar-refractivity contribution in [3.63, 3.8) is 0 Å². The van der Waals surface area contributed by atoms with Crippen molar-refractivity contribution in [3.8, 4) is 5.75 Å². The van der Waals surface area contributed by atoms with Crippen molar-refractivity contribution in [2.45, 2.75) is 25.7 Å². The summed E-state index contributed by atoms with van der Waals surface area (Å²) in [4.78, 5) is 0. The van der Waals surface area contributed by atoms with Crippen LogP contribution < -0.4 is 10.1 Å². The SMILES string of the molecule is COc1ccc(Cl)c(NCC2CCCC2)c1. The van der Waals surface area contributed by atoms with Crippen LogP contribution in [-0.2, 0) is 0 Å². The fraction of sp³-hybridized carbons (Fsp3) is 0.538. The molecule has 0 bridgehead atoms. The average Bonchev–Trinajstić information content (AvgIpc) is 2.81. The Morgan fingerprint density at radius 3 is 2.81 bits per heavy atom. The first kappa shape index (κ1) is 11.6. The van der Waals surface area contributed by atoms with E-state index in [4.69, 9.17) is 16.3 Å². The normalized spacial score (nSPS) is 16.4. The molecule has 1 N–H and O–H groups in total. The van der Waals surface area contributed by atoms with E-state index in [0.717, 1.165) is 28.9 Å². The largest absolute Gasteiger partial charge is 0.497 e. The number of benzene rings is 1. The first-order valence-electron chi connectivity index (χ1n) is 5.87. The smallest absolute Gasteiger partial charge is 0.121 e. The molecule has 0 atom stereocenters. The number of hydrogen-bond acceptors (Lipinski definition) is 2. The van der Waals surface area contributed by atoms with E-state index in [1.807, 2.05) is 18.2 Å². The first-order chi connectivity index (χ1) is 7.79. The molecular weight excluding hydrogens is 222 g/mol. The standard InChI is InChI=1S/C13H18ClNO/c1-16-11-6-7-12(14)13(8-11)15-9-10-4-2-3-5-10/h6-8,10,15H,2-5,9H2,1H3. The summed E-state index contributed by atoms with van der Waals surface area (Å²) in [6.45, 7) is 1.02. The lowest BCUT2D eigenvalue weighted by atomic mass is 10.1. The molecule has 0 spiro atoms. The van der Waals surface area contributed by atoms with Gasteiger partial charge in [-0.25, -0.2) is 0 Å². The van der Waals surface area contributed by atoms with E-state index in [-0.39, 0.29) is 0 Å². The van der Waals surface area contributed by atoms with Gasteiger partial charge < -0.3 is 10.1 Å². The Morgan fingerprint density at radius 1 is 1.38 bits per heavy atom. The average molecular weight is 240 g/mol. The Kier molecular flexibility index (Phi) is 3.94. The summed E-state index contributed by atoms with van der Waals surface area (Å²) in [7, 11) is 1.67. The topological polar surface area (TPSA) is 21.3 Å². The summed E-state index contributed by atoms with van der Waals surface area (Å²) < 4.78 is 5.18. The minimum Gasteiger partial charge on any atom is -0.497 e. The van der Waals surface area contributed by atoms with Gasteiger partial charge in [-0.15, -0.1) is 0 Å². The fourth-order valence-corrected chi connectivity index (χ4v) is 2.42. The van der Waals surface area contributed by atoms with Gasteiger partial charge in [0.2, 0.25) is 0 Å². The van der Waals surface area contributed by atoms with Crippen LogP contribution in [0.25, 0.3) is 0 Å². The van der Waals surface area contributed by atoms with E-state index in [1.54, 1.807) is 7.11 Å². The summed E-state index contributed by atoms with van der Waals surface area (Å²) in [5, 5.41) is 4.18. The summed E-state index contributed by atoms with van der Waals surface area (Å²) in [6, 6.07) is 5.71. The molecule has 0 unspecified atom stereocenters. The summed E-state index contributed by atoms with van der Waals surface area (Å²) in [5.74, 6) is 1.65. The van der Waals surface area contributed by atoms with Crippen LogP contribution in [0.3, 0.4) is 0 Å². The highest BCUT2D eigenvalue weighted by atomic mass is 35.5. The van der Waals surface area contributed by atoms with Gasteiger partial charge in [-0.05, 0) is 30.9 Å². The van der Waals surface area contributed by atoms with Gasteiger partial charge in [0.15, 0.2) is 0 Å². The second-order valence-corrected chi connectivity index (χ2v) is 4.78. The highest BCUT2D eigenvalue weighted by Gasteiger charge is 2.14. The van der Waals surface area contributed by atoms with Gasteiger partial charge in [-0.1, -0.05) is 24.4 Å². The van der Waals surface area contributed by atoms with Crippen molar-refractivity contribution in [2.24, 2.45) is 5.92 Å². The molecule has 1 aliphatic carbocycles. The molecule has 2 rings (SSSR count). The van der Waals surface area contributed by atoms with Crippen molar-refractivity contribution in [1.82, 2.24) is 0 Å². The Hall–Kier alpha value is -0.890. The third kappa shape index (κ3) is 2.82. The van der Waals surface area contributed by atoms with Crippen LogP contribution >= 0.6 is 11.6 Å². The molecule has 3 heteroatoms. The lowest BCUT2D eigenvalue weighted by Crippen LogP contribution is -2.11. The quantitative estimate of drug-likeness (QED) is 0.859. The van der Waals surface area contributed by atoms with Crippen LogP contribution in [0.2, 0.25) is 5.02 Å². The van der Waals surface area contributed by atoms with Gasteiger partial charge >= 0.3 is 0 Å². The molecule has 0 heterocycles. The van der Waals surface area contributed by atoms with Gasteiger partial charge in [-0.2, -0.15) is 0 Å². The van der Waals surface area contributed by atoms with Gasteiger partial charge in [-0.3, -0.25) is 0 Å². The van der Waals surface area contributed by atoms with Crippen LogP contribution in [0.4, 0.5) is 5.69 Å². The number of anilines is 1. The van der Waals surface area contributed by atoms with Crippen LogP contribution in [-0.4, -0.2) is 13.7 Å². The van der Waals surface area contributed by atoms with Gasteiger partial charge in [0.25, 0.3) is 0 Å². The molecule has 1 fully saturated rings. The van der Waals surface area contributed by atoms with Gasteiger partial charge in [0.05, 0.1) is 17.8 Å². The molecule has 2 nitrogen and oxygen atoms in total. The zero-order chi connectivity index (χ0) is 11.4. The van der Waals surface area contributed by atoms with Crippen LogP contribution in [0.15, 0.2) is 18.2 Å². The number of hydrogen-bond donors (Lipinski definition) is 1. The highest BCUT2D eigenvalue weighted by Crippen LogP contribution is 2.29. The summed E-state index contributed by atoms with van der Waals surface area (Å²) in [5.41, 5.74) is 0.980. The van der Waals surface area contributed by atoms with Crippen molar-refractivity contribution in [3.05, 3.63) is 23.2 Å². The zero-order valence-electron chi connectivity index (χ0n) is 9.63. The van der Waals surface area contributed by atoms with Crippen LogP contribution in [0.1, 0.15) is 25.7 Å². The van der Waals surface area contributed by atoms with Crippen LogP contribution in [0.5, 0.6) is 5.75 Å². The molecule has 0 saturated heterocycles. The minimum absolute atomic E-state index is 0.763. The minimum atomic E-state index is 0.763. The summed E-state index contributed by atoms with van der Waals surface area (Å²) >= 11 is 6.12. The van der Waals surface area contributed by atoms with Crippen molar-refractivity contribution in [1.29, 1.82) is 0 Å². The maximum Gasteiger partial charge on any atom is 0.121 e. The Balaban J connectivity index is 1.96. The van der Waals surface area contributed by atoms with Gasteiger partial charge in [0, 0.05) is 12.6 Å². The van der Waals surface area contributed by atoms with E-state index in [9.17, 15) is 0 Å². The van der Waals surface area contributed by atoms with E-state index < -0.39 is 0 Å². The number of rotatable bonds is 4. The first-order valence-corrected chi connectivity index (χ1v) is 6.25. The summed E-state index contributed by atoms with van der Waals surface area (Å²) in [6.07, 6.45) is 5.43. The van der Waals surface area contributed by atoms with Crippen molar-refractivity contribution < 1.29 is 4.74 Å².